The van der Waals surface area contributed by atoms with Crippen molar-refractivity contribution in [2.45, 2.75) is 25.9 Å². The van der Waals surface area contributed by atoms with Crippen molar-refractivity contribution < 1.29 is 19.3 Å². The molecule has 1 atom stereocenters. The molecule has 0 spiro atoms. The molecule has 2 aromatic rings. The number of ether oxygens (including phenoxy) is 3. The third-order valence-electron chi connectivity index (χ3n) is 4.23. The fourth-order valence-corrected chi connectivity index (χ4v) is 5.37. The quantitative estimate of drug-likeness (QED) is 0.840. The highest BCUT2D eigenvalue weighted by molar-refractivity contribution is 7.67. The van der Waals surface area contributed by atoms with Crippen molar-refractivity contribution in [2.24, 2.45) is 0 Å². The summed E-state index contributed by atoms with van der Waals surface area (Å²) in [7, 11) is 2.66. The molecular weight excluding hydrogens is 323 g/mol. The van der Waals surface area contributed by atoms with Crippen molar-refractivity contribution in [1.82, 2.24) is 0 Å². The van der Waals surface area contributed by atoms with E-state index in [0.717, 1.165) is 22.2 Å². The van der Waals surface area contributed by atoms with Crippen LogP contribution in [0.4, 0.5) is 0 Å². The third-order valence-corrected chi connectivity index (χ3v) is 7.22. The van der Waals surface area contributed by atoms with Gasteiger partial charge in [-0.25, -0.2) is 0 Å². The lowest BCUT2D eigenvalue weighted by atomic mass is 10.0. The minimum absolute atomic E-state index is 0.0678. The second-order valence-electron chi connectivity index (χ2n) is 6.72. The summed E-state index contributed by atoms with van der Waals surface area (Å²) in [4.78, 5) is 0. The maximum atomic E-state index is 10.7. The Morgan fingerprint density at radius 1 is 1.00 bits per heavy atom. The molecule has 5 heteroatoms. The van der Waals surface area contributed by atoms with Crippen LogP contribution >= 0.6 is 7.92 Å². The molecule has 0 aliphatic carbocycles. The first kappa shape index (κ1) is 16.9. The largest absolute Gasteiger partial charge is 0.507 e. The van der Waals surface area contributed by atoms with Crippen molar-refractivity contribution >= 4 is 13.2 Å². The van der Waals surface area contributed by atoms with Gasteiger partial charge in [0.2, 0.25) is 0 Å². The van der Waals surface area contributed by atoms with Crippen LogP contribution in [0.5, 0.6) is 23.0 Å². The van der Waals surface area contributed by atoms with Gasteiger partial charge in [-0.05, 0) is 37.3 Å². The van der Waals surface area contributed by atoms with Crippen LogP contribution in [-0.4, -0.2) is 30.8 Å². The normalized spacial score (nSPS) is 16.5. The molecule has 1 heterocycles. The van der Waals surface area contributed by atoms with E-state index in [1.807, 2.05) is 24.3 Å². The second-order valence-corrected chi connectivity index (χ2v) is 9.62. The highest BCUT2D eigenvalue weighted by Crippen LogP contribution is 2.58. The lowest BCUT2D eigenvalue weighted by Gasteiger charge is -2.28. The molecule has 1 N–H and O–H groups in total. The Hall–Kier alpha value is -1.93. The highest BCUT2D eigenvalue weighted by Gasteiger charge is 2.38. The summed E-state index contributed by atoms with van der Waals surface area (Å²) in [5, 5.41) is 11.8. The molecule has 3 rings (SSSR count). The zero-order valence-electron chi connectivity index (χ0n) is 14.7. The summed E-state index contributed by atoms with van der Waals surface area (Å²) < 4.78 is 17.0. The van der Waals surface area contributed by atoms with Gasteiger partial charge in [-0.1, -0.05) is 26.8 Å². The molecule has 1 unspecified atom stereocenters. The molecule has 24 heavy (non-hydrogen) atoms. The van der Waals surface area contributed by atoms with E-state index in [-0.39, 0.29) is 10.9 Å². The summed E-state index contributed by atoms with van der Waals surface area (Å²) in [5.41, 5.74) is 1.54. The van der Waals surface area contributed by atoms with Crippen LogP contribution in [-0.2, 0) is 0 Å². The minimum atomic E-state index is -0.591. The van der Waals surface area contributed by atoms with Crippen LogP contribution < -0.4 is 19.5 Å². The van der Waals surface area contributed by atoms with Gasteiger partial charge >= 0.3 is 0 Å². The fraction of sp³-hybridized carbons (Fsp3) is 0.368. The highest BCUT2D eigenvalue weighted by atomic mass is 31.1. The molecular formula is C19H23O4P. The lowest BCUT2D eigenvalue weighted by molar-refractivity contribution is 0.395. The van der Waals surface area contributed by atoms with Crippen molar-refractivity contribution in [2.75, 3.05) is 20.6 Å². The van der Waals surface area contributed by atoms with Gasteiger partial charge in [0.15, 0.2) is 0 Å². The Kier molecular flexibility index (Phi) is 4.35. The first-order chi connectivity index (χ1) is 11.4. The van der Waals surface area contributed by atoms with Gasteiger partial charge in [-0.15, -0.1) is 0 Å². The molecule has 0 bridgehead atoms. The summed E-state index contributed by atoms with van der Waals surface area (Å²) in [6.45, 7) is 6.64. The number of phenolic OH excluding ortho intramolecular Hbond substituents is 1. The number of rotatable bonds is 3. The van der Waals surface area contributed by atoms with Crippen LogP contribution in [0.1, 0.15) is 20.8 Å². The molecule has 2 aromatic carbocycles. The van der Waals surface area contributed by atoms with Gasteiger partial charge in [0, 0.05) is 10.9 Å². The zero-order valence-corrected chi connectivity index (χ0v) is 15.6. The van der Waals surface area contributed by atoms with Gasteiger partial charge in [0.25, 0.3) is 0 Å². The van der Waals surface area contributed by atoms with Gasteiger partial charge < -0.3 is 19.3 Å². The zero-order chi connectivity index (χ0) is 17.5. The summed E-state index contributed by atoms with van der Waals surface area (Å²) in [6, 6.07) is 9.17. The second kappa shape index (κ2) is 6.18. The number of hydrogen-bond acceptors (Lipinski definition) is 4. The number of benzene rings is 2. The van der Waals surface area contributed by atoms with Crippen LogP contribution in [0, 0.1) is 0 Å². The minimum Gasteiger partial charge on any atom is -0.507 e. The van der Waals surface area contributed by atoms with Gasteiger partial charge in [-0.2, -0.15) is 0 Å². The SMILES string of the molecule is COc1cccc(OC)c1-c1c(O)ccc2c1P(C(C)(C)C)CO2. The van der Waals surface area contributed by atoms with E-state index < -0.39 is 7.92 Å². The van der Waals surface area contributed by atoms with E-state index in [9.17, 15) is 5.11 Å². The maximum absolute atomic E-state index is 10.7. The van der Waals surface area contributed by atoms with Crippen molar-refractivity contribution in [3.8, 4) is 34.1 Å². The van der Waals surface area contributed by atoms with Crippen LogP contribution in [0.25, 0.3) is 11.1 Å². The van der Waals surface area contributed by atoms with Crippen molar-refractivity contribution in [3.05, 3.63) is 30.3 Å². The van der Waals surface area contributed by atoms with E-state index in [1.54, 1.807) is 20.3 Å². The topological polar surface area (TPSA) is 47.9 Å². The standard InChI is InChI=1S/C19H23O4P/c1-19(2,3)24-11-23-15-10-9-12(20)16(18(15)24)17-13(21-4)7-6-8-14(17)22-5/h6-10,20H,11H2,1-5H3. The van der Waals surface area contributed by atoms with E-state index in [0.29, 0.717) is 17.8 Å². The molecule has 0 amide bonds. The van der Waals surface area contributed by atoms with Crippen molar-refractivity contribution in [1.29, 1.82) is 0 Å². The van der Waals surface area contributed by atoms with E-state index in [1.165, 1.54) is 0 Å². The summed E-state index contributed by atoms with van der Waals surface area (Å²) in [5.74, 6) is 2.42. The van der Waals surface area contributed by atoms with E-state index in [2.05, 4.69) is 20.8 Å². The molecule has 128 valence electrons. The molecule has 0 fully saturated rings. The monoisotopic (exact) mass is 346 g/mol. The predicted molar refractivity (Wildman–Crippen MR) is 98.4 cm³/mol. The average Bonchev–Trinajstić information content (AvgIpc) is 2.98. The van der Waals surface area contributed by atoms with E-state index >= 15 is 0 Å². The summed E-state index contributed by atoms with van der Waals surface area (Å²) in [6.07, 6.45) is 0.669. The van der Waals surface area contributed by atoms with Crippen molar-refractivity contribution in [3.63, 3.8) is 0 Å². The molecule has 1 aliphatic heterocycles. The Balaban J connectivity index is 2.34. The smallest absolute Gasteiger partial charge is 0.130 e. The number of hydrogen-bond donors (Lipinski definition) is 1. The molecule has 1 aliphatic rings. The Bertz CT molecular complexity index is 742. The van der Waals surface area contributed by atoms with Gasteiger partial charge in [-0.3, -0.25) is 0 Å². The maximum Gasteiger partial charge on any atom is 0.130 e. The molecule has 4 nitrogen and oxygen atoms in total. The number of phenols is 1. The number of methoxy groups -OCH3 is 2. The van der Waals surface area contributed by atoms with Gasteiger partial charge in [0.1, 0.15) is 29.3 Å². The number of fused-ring (bicyclic) bond motifs is 1. The van der Waals surface area contributed by atoms with Crippen LogP contribution in [0.3, 0.4) is 0 Å². The number of aromatic hydroxyl groups is 1. The molecule has 0 aromatic heterocycles. The fourth-order valence-electron chi connectivity index (χ4n) is 3.02. The average molecular weight is 346 g/mol. The lowest BCUT2D eigenvalue weighted by Crippen LogP contribution is -2.19. The summed E-state index contributed by atoms with van der Waals surface area (Å²) >= 11 is 0. The predicted octanol–water partition coefficient (Wildman–Crippen LogP) is 4.33. The van der Waals surface area contributed by atoms with Crippen LogP contribution in [0.15, 0.2) is 30.3 Å². The Morgan fingerprint density at radius 2 is 1.62 bits per heavy atom. The molecule has 0 saturated carbocycles. The van der Waals surface area contributed by atoms with Gasteiger partial charge in [0.05, 0.1) is 19.8 Å². The first-order valence-electron chi connectivity index (χ1n) is 7.86. The Labute approximate surface area is 144 Å². The Morgan fingerprint density at radius 3 is 2.17 bits per heavy atom. The van der Waals surface area contributed by atoms with E-state index in [4.69, 9.17) is 14.2 Å². The molecule has 0 saturated heterocycles. The molecule has 0 radical (unpaired) electrons. The van der Waals surface area contributed by atoms with Crippen LogP contribution in [0.2, 0.25) is 0 Å². The first-order valence-corrected chi connectivity index (χ1v) is 9.39. The third kappa shape index (κ3) is 2.69.